The van der Waals surface area contributed by atoms with Gasteiger partial charge >= 0.3 is 0 Å². The molecule has 7 heteroatoms. The van der Waals surface area contributed by atoms with Crippen molar-refractivity contribution in [3.63, 3.8) is 0 Å². The highest BCUT2D eigenvalue weighted by Crippen LogP contribution is 2.35. The van der Waals surface area contributed by atoms with Gasteiger partial charge in [-0.05, 0) is 5.57 Å². The Morgan fingerprint density at radius 1 is 1.64 bits per heavy atom. The number of fused-ring (bicyclic) bond motifs is 1. The molecule has 2 aliphatic heterocycles. The van der Waals surface area contributed by atoms with Crippen LogP contribution in [0.1, 0.15) is 6.42 Å². The van der Waals surface area contributed by atoms with Gasteiger partial charge in [0.25, 0.3) is 10.1 Å². The van der Waals surface area contributed by atoms with Gasteiger partial charge in [0.2, 0.25) is 5.91 Å². The summed E-state index contributed by atoms with van der Waals surface area (Å²) in [6.07, 6.45) is 2.07. The molecule has 0 spiro atoms. The summed E-state index contributed by atoms with van der Waals surface area (Å²) in [6.45, 7) is 0. The van der Waals surface area contributed by atoms with E-state index in [1.54, 1.807) is 6.20 Å². The molecule has 0 radical (unpaired) electrons. The molecule has 0 saturated carbocycles. The van der Waals surface area contributed by atoms with Crippen molar-refractivity contribution in [3.05, 3.63) is 11.8 Å². The van der Waals surface area contributed by atoms with Crippen LogP contribution in [-0.4, -0.2) is 40.7 Å². The normalized spacial score (nSPS) is 26.6. The molecule has 0 aromatic heterocycles. The summed E-state index contributed by atoms with van der Waals surface area (Å²) in [5.41, 5.74) is 0.571. The van der Waals surface area contributed by atoms with Gasteiger partial charge in [0.1, 0.15) is 0 Å². The fourth-order valence-corrected chi connectivity index (χ4v) is 3.40. The maximum atomic E-state index is 11.0. The predicted molar refractivity (Wildman–Crippen MR) is 52.2 cm³/mol. The van der Waals surface area contributed by atoms with Crippen LogP contribution in [-0.2, 0) is 14.9 Å². The minimum atomic E-state index is -3.98. The maximum absolute atomic E-state index is 11.0. The minimum Gasteiger partial charge on any atom is -0.306 e. The summed E-state index contributed by atoms with van der Waals surface area (Å²) in [6, 6.07) is 0. The molecule has 2 aliphatic rings. The van der Waals surface area contributed by atoms with E-state index < -0.39 is 10.1 Å². The lowest BCUT2D eigenvalue weighted by Crippen LogP contribution is -2.49. The van der Waals surface area contributed by atoms with Crippen molar-refractivity contribution in [1.29, 1.82) is 0 Å². The van der Waals surface area contributed by atoms with E-state index >= 15 is 0 Å². The monoisotopic (exact) mass is 235 g/mol. The molecule has 0 aromatic rings. The molecule has 5 nitrogen and oxygen atoms in total. The van der Waals surface area contributed by atoms with Gasteiger partial charge in [0.05, 0.1) is 17.5 Å². The van der Waals surface area contributed by atoms with Crippen LogP contribution in [0, 0.1) is 0 Å². The lowest BCUT2D eigenvalue weighted by Gasteiger charge is -2.40. The fourth-order valence-electron chi connectivity index (χ4n) is 1.45. The molecule has 1 saturated heterocycles. The molecule has 78 valence electrons. The molecular weight excluding hydrogens is 226 g/mol. The van der Waals surface area contributed by atoms with Crippen LogP contribution < -0.4 is 0 Å². The van der Waals surface area contributed by atoms with Crippen LogP contribution in [0.3, 0.4) is 0 Å². The van der Waals surface area contributed by atoms with E-state index in [0.717, 1.165) is 0 Å². The van der Waals surface area contributed by atoms with Crippen molar-refractivity contribution in [2.24, 2.45) is 0 Å². The Bertz CT molecular complexity index is 400. The van der Waals surface area contributed by atoms with Gasteiger partial charge in [-0.2, -0.15) is 8.42 Å². The number of thioether (sulfide) groups is 1. The summed E-state index contributed by atoms with van der Waals surface area (Å²) in [5.74, 6) is 0.195. The molecule has 14 heavy (non-hydrogen) atoms. The zero-order valence-electron chi connectivity index (χ0n) is 7.21. The van der Waals surface area contributed by atoms with Gasteiger partial charge in [0, 0.05) is 12.0 Å². The molecule has 0 aliphatic carbocycles. The van der Waals surface area contributed by atoms with Crippen LogP contribution in [0.15, 0.2) is 11.8 Å². The molecule has 1 unspecified atom stereocenters. The number of β-lactam (4-membered cyclic amide) rings is 1. The van der Waals surface area contributed by atoms with Crippen molar-refractivity contribution in [2.45, 2.75) is 11.8 Å². The van der Waals surface area contributed by atoms with E-state index in [-0.39, 0.29) is 17.0 Å². The third kappa shape index (κ3) is 1.94. The van der Waals surface area contributed by atoms with Crippen LogP contribution in [0.2, 0.25) is 0 Å². The summed E-state index contributed by atoms with van der Waals surface area (Å²) in [7, 11) is -3.98. The summed E-state index contributed by atoms with van der Waals surface area (Å²) in [4.78, 5) is 12.6. The molecule has 1 fully saturated rings. The van der Waals surface area contributed by atoms with Crippen molar-refractivity contribution in [2.75, 3.05) is 11.5 Å². The second-order valence-corrected chi connectivity index (χ2v) is 5.90. The molecule has 1 amide bonds. The summed E-state index contributed by atoms with van der Waals surface area (Å²) >= 11 is 1.53. The molecule has 0 aromatic carbocycles. The second-order valence-electron chi connectivity index (χ2n) is 3.28. The Morgan fingerprint density at radius 2 is 2.36 bits per heavy atom. The van der Waals surface area contributed by atoms with Gasteiger partial charge in [-0.1, -0.05) is 0 Å². The molecule has 1 N–H and O–H groups in total. The Kier molecular flexibility index (Phi) is 2.32. The van der Waals surface area contributed by atoms with Gasteiger partial charge in [-0.3, -0.25) is 9.35 Å². The van der Waals surface area contributed by atoms with Gasteiger partial charge in [-0.25, -0.2) is 0 Å². The quantitative estimate of drug-likeness (QED) is 0.541. The van der Waals surface area contributed by atoms with E-state index in [1.165, 1.54) is 16.7 Å². The van der Waals surface area contributed by atoms with Crippen LogP contribution in [0.5, 0.6) is 0 Å². The zero-order chi connectivity index (χ0) is 10.3. The van der Waals surface area contributed by atoms with Crippen LogP contribution >= 0.6 is 11.8 Å². The first-order valence-electron chi connectivity index (χ1n) is 4.03. The fraction of sp³-hybridized carbons (Fsp3) is 0.571. The number of hydrogen-bond donors (Lipinski definition) is 1. The Labute approximate surface area is 85.9 Å². The molecule has 2 rings (SSSR count). The van der Waals surface area contributed by atoms with E-state index in [4.69, 9.17) is 4.55 Å². The lowest BCUT2D eigenvalue weighted by molar-refractivity contribution is -0.137. The van der Waals surface area contributed by atoms with Crippen LogP contribution in [0.4, 0.5) is 0 Å². The number of carbonyl (C=O) groups is 1. The first-order chi connectivity index (χ1) is 6.46. The van der Waals surface area contributed by atoms with Crippen LogP contribution in [0.25, 0.3) is 0 Å². The Morgan fingerprint density at radius 3 is 2.93 bits per heavy atom. The first kappa shape index (κ1) is 10.0. The van der Waals surface area contributed by atoms with Crippen molar-refractivity contribution in [3.8, 4) is 0 Å². The highest BCUT2D eigenvalue weighted by Gasteiger charge is 2.38. The van der Waals surface area contributed by atoms with Gasteiger partial charge in [-0.15, -0.1) is 11.8 Å². The standard InChI is InChI=1S/C7H9NO4S2/c9-6-1-7-8(6)2-5(3-13-7)4-14(10,11)12/h2,7H,1,3-4H2,(H,10,11,12). The summed E-state index contributed by atoms with van der Waals surface area (Å²) in [5, 5.41) is 0.174. The van der Waals surface area contributed by atoms with E-state index in [9.17, 15) is 13.2 Å². The third-order valence-electron chi connectivity index (χ3n) is 2.10. The molecule has 1 atom stereocenters. The number of carbonyl (C=O) groups excluding carboxylic acids is 1. The first-order valence-corrected chi connectivity index (χ1v) is 6.69. The number of hydrogen-bond acceptors (Lipinski definition) is 4. The second kappa shape index (κ2) is 3.25. The van der Waals surface area contributed by atoms with Gasteiger partial charge < -0.3 is 4.90 Å². The summed E-state index contributed by atoms with van der Waals surface area (Å²) < 4.78 is 29.8. The SMILES string of the molecule is O=C1CC2SCC(CS(=O)(=O)O)=CN12. The number of nitrogens with zero attached hydrogens (tertiary/aromatic N) is 1. The maximum Gasteiger partial charge on any atom is 0.268 e. The molecular formula is C7H9NO4S2. The topological polar surface area (TPSA) is 74.7 Å². The van der Waals surface area contributed by atoms with Crippen molar-refractivity contribution in [1.82, 2.24) is 4.90 Å². The Balaban J connectivity index is 2.11. The van der Waals surface area contributed by atoms with Gasteiger partial charge in [0.15, 0.2) is 0 Å². The van der Waals surface area contributed by atoms with E-state index in [2.05, 4.69) is 0 Å². The average Bonchev–Trinajstić information content (AvgIpc) is 2.04. The van der Waals surface area contributed by atoms with E-state index in [0.29, 0.717) is 17.7 Å². The predicted octanol–water partition coefficient (Wildman–Crippen LogP) is 0.0633. The number of amides is 1. The lowest BCUT2D eigenvalue weighted by atomic mass is 10.2. The minimum absolute atomic E-state index is 0.00929. The smallest absolute Gasteiger partial charge is 0.268 e. The van der Waals surface area contributed by atoms with Crippen molar-refractivity contribution >= 4 is 27.8 Å². The largest absolute Gasteiger partial charge is 0.306 e. The zero-order valence-corrected chi connectivity index (χ0v) is 8.84. The van der Waals surface area contributed by atoms with Crippen molar-refractivity contribution < 1.29 is 17.8 Å². The Hall–Kier alpha value is -0.530. The third-order valence-corrected chi connectivity index (χ3v) is 4.15. The highest BCUT2D eigenvalue weighted by atomic mass is 32.2. The molecule has 2 heterocycles. The number of rotatable bonds is 2. The highest BCUT2D eigenvalue weighted by molar-refractivity contribution is 8.00. The molecule has 0 bridgehead atoms. The van der Waals surface area contributed by atoms with E-state index in [1.807, 2.05) is 0 Å². The average molecular weight is 235 g/mol.